The summed E-state index contributed by atoms with van der Waals surface area (Å²) >= 11 is 0. The molecule has 0 aliphatic carbocycles. The van der Waals surface area contributed by atoms with E-state index >= 15 is 0 Å². The normalized spacial score (nSPS) is 17.8. The summed E-state index contributed by atoms with van der Waals surface area (Å²) in [5.74, 6) is -2.99. The highest BCUT2D eigenvalue weighted by atomic mass is 16.4. The molecule has 0 radical (unpaired) electrons. The SMILES string of the molecule is CCC(C)C(N)C(=O)NC(CC(C)C)C(=O)NC(C(=O)NC(C(=O)O)C(C)CC)C(C)CC. The van der Waals surface area contributed by atoms with Gasteiger partial charge in [0.2, 0.25) is 17.7 Å². The van der Waals surface area contributed by atoms with Crippen molar-refractivity contribution in [3.05, 3.63) is 0 Å². The van der Waals surface area contributed by atoms with E-state index in [1.165, 1.54) is 0 Å². The average Bonchev–Trinajstić information content (AvgIpc) is 2.77. The van der Waals surface area contributed by atoms with E-state index in [0.29, 0.717) is 19.3 Å². The van der Waals surface area contributed by atoms with Crippen LogP contribution in [0.5, 0.6) is 0 Å². The highest BCUT2D eigenvalue weighted by Crippen LogP contribution is 2.14. The number of hydrogen-bond donors (Lipinski definition) is 5. The second-order valence-corrected chi connectivity index (χ2v) is 9.68. The lowest BCUT2D eigenvalue weighted by Gasteiger charge is -2.30. The zero-order valence-electron chi connectivity index (χ0n) is 21.6. The highest BCUT2D eigenvalue weighted by molar-refractivity contribution is 5.94. The lowest BCUT2D eigenvalue weighted by molar-refractivity contribution is -0.144. The third-order valence-corrected chi connectivity index (χ3v) is 6.47. The molecule has 9 heteroatoms. The van der Waals surface area contributed by atoms with Gasteiger partial charge in [0.25, 0.3) is 0 Å². The van der Waals surface area contributed by atoms with Gasteiger partial charge in [-0.15, -0.1) is 0 Å². The van der Waals surface area contributed by atoms with Crippen molar-refractivity contribution in [2.24, 2.45) is 29.4 Å². The fourth-order valence-electron chi connectivity index (χ4n) is 3.37. The van der Waals surface area contributed by atoms with Gasteiger partial charge < -0.3 is 26.8 Å². The van der Waals surface area contributed by atoms with Crippen molar-refractivity contribution < 1.29 is 24.3 Å². The number of carbonyl (C=O) groups is 4. The Labute approximate surface area is 199 Å². The summed E-state index contributed by atoms with van der Waals surface area (Å²) in [5.41, 5.74) is 6.03. The second kappa shape index (κ2) is 14.9. The predicted octanol–water partition coefficient (Wildman–Crippen LogP) is 2.04. The molecular formula is C24H46N4O5. The molecule has 192 valence electrons. The van der Waals surface area contributed by atoms with Gasteiger partial charge in [-0.05, 0) is 30.1 Å². The van der Waals surface area contributed by atoms with Gasteiger partial charge in [0, 0.05) is 0 Å². The maximum atomic E-state index is 13.2. The van der Waals surface area contributed by atoms with Crippen molar-refractivity contribution in [2.75, 3.05) is 0 Å². The van der Waals surface area contributed by atoms with Gasteiger partial charge in [-0.25, -0.2) is 4.79 Å². The maximum absolute atomic E-state index is 13.2. The summed E-state index contributed by atoms with van der Waals surface area (Å²) in [5, 5.41) is 17.6. The number of hydrogen-bond acceptors (Lipinski definition) is 5. The van der Waals surface area contributed by atoms with Crippen LogP contribution in [0.25, 0.3) is 0 Å². The monoisotopic (exact) mass is 470 g/mol. The Balaban J connectivity index is 5.64. The Kier molecular flexibility index (Phi) is 13.9. The van der Waals surface area contributed by atoms with Crippen molar-refractivity contribution >= 4 is 23.7 Å². The van der Waals surface area contributed by atoms with Crippen molar-refractivity contribution in [1.29, 1.82) is 0 Å². The first-order valence-corrected chi connectivity index (χ1v) is 12.2. The molecule has 6 N–H and O–H groups in total. The average molecular weight is 471 g/mol. The fourth-order valence-corrected chi connectivity index (χ4v) is 3.37. The summed E-state index contributed by atoms with van der Waals surface area (Å²) in [6, 6.07) is -3.57. The molecule has 0 rings (SSSR count). The lowest BCUT2D eigenvalue weighted by atomic mass is 9.94. The Hall–Kier alpha value is -2.16. The lowest BCUT2D eigenvalue weighted by Crippen LogP contribution is -2.59. The molecule has 7 unspecified atom stereocenters. The first-order valence-electron chi connectivity index (χ1n) is 12.2. The Morgan fingerprint density at radius 3 is 1.58 bits per heavy atom. The molecule has 0 aliphatic rings. The number of carboxylic acids is 1. The first kappa shape index (κ1) is 30.8. The van der Waals surface area contributed by atoms with E-state index in [9.17, 15) is 24.3 Å². The van der Waals surface area contributed by atoms with E-state index < -0.39 is 47.9 Å². The van der Waals surface area contributed by atoms with Gasteiger partial charge >= 0.3 is 5.97 Å². The largest absolute Gasteiger partial charge is 0.480 e. The number of amides is 3. The number of rotatable bonds is 15. The molecule has 7 atom stereocenters. The van der Waals surface area contributed by atoms with E-state index in [1.807, 2.05) is 48.5 Å². The minimum atomic E-state index is -1.11. The van der Waals surface area contributed by atoms with Crippen LogP contribution in [0.3, 0.4) is 0 Å². The smallest absolute Gasteiger partial charge is 0.326 e. The van der Waals surface area contributed by atoms with Crippen molar-refractivity contribution in [3.63, 3.8) is 0 Å². The topological polar surface area (TPSA) is 151 Å². The van der Waals surface area contributed by atoms with Crippen molar-refractivity contribution in [2.45, 2.75) is 105 Å². The minimum Gasteiger partial charge on any atom is -0.480 e. The van der Waals surface area contributed by atoms with E-state index in [-0.39, 0.29) is 23.7 Å². The Bertz CT molecular complexity index is 655. The third kappa shape index (κ3) is 10.1. The summed E-state index contributed by atoms with van der Waals surface area (Å²) in [6.45, 7) is 15.0. The molecule has 0 aromatic heterocycles. The molecule has 0 spiro atoms. The molecule has 0 fully saturated rings. The summed E-state index contributed by atoms with van der Waals surface area (Å²) in [7, 11) is 0. The maximum Gasteiger partial charge on any atom is 0.326 e. The van der Waals surface area contributed by atoms with Gasteiger partial charge in [0.05, 0.1) is 6.04 Å². The molecule has 0 heterocycles. The van der Waals surface area contributed by atoms with E-state index in [0.717, 1.165) is 6.42 Å². The first-order chi connectivity index (χ1) is 15.3. The third-order valence-electron chi connectivity index (χ3n) is 6.47. The van der Waals surface area contributed by atoms with Gasteiger partial charge in [-0.3, -0.25) is 14.4 Å². The zero-order valence-corrected chi connectivity index (χ0v) is 21.6. The Morgan fingerprint density at radius 1 is 0.697 bits per heavy atom. The molecule has 9 nitrogen and oxygen atoms in total. The molecule has 0 aromatic carbocycles. The molecule has 33 heavy (non-hydrogen) atoms. The zero-order chi connectivity index (χ0) is 25.9. The standard InChI is InChI=1S/C24H46N4O5/c1-9-14(6)18(25)22(30)26-17(12-13(4)5)21(29)27-19(15(7)10-2)23(31)28-20(24(32)33)16(8)11-3/h13-20H,9-12,25H2,1-8H3,(H,26,30)(H,27,29)(H,28,31)(H,32,33). The van der Waals surface area contributed by atoms with Crippen LogP contribution in [0.1, 0.15) is 81.1 Å². The van der Waals surface area contributed by atoms with Crippen LogP contribution in [-0.4, -0.2) is 53.0 Å². The number of aliphatic carboxylic acids is 1. The minimum absolute atomic E-state index is 0.0418. The number of nitrogens with two attached hydrogens (primary N) is 1. The molecular weight excluding hydrogens is 424 g/mol. The van der Waals surface area contributed by atoms with Crippen molar-refractivity contribution in [1.82, 2.24) is 16.0 Å². The van der Waals surface area contributed by atoms with Gasteiger partial charge in [-0.2, -0.15) is 0 Å². The van der Waals surface area contributed by atoms with E-state index in [1.54, 1.807) is 6.92 Å². The fraction of sp³-hybridized carbons (Fsp3) is 0.833. The van der Waals surface area contributed by atoms with Crippen molar-refractivity contribution in [3.8, 4) is 0 Å². The number of carbonyl (C=O) groups excluding carboxylic acids is 3. The number of nitrogens with one attached hydrogen (secondary N) is 3. The predicted molar refractivity (Wildman–Crippen MR) is 129 cm³/mol. The summed E-state index contributed by atoms with van der Waals surface area (Å²) < 4.78 is 0. The Morgan fingerprint density at radius 2 is 1.15 bits per heavy atom. The molecule has 0 aliphatic heterocycles. The quantitative estimate of drug-likeness (QED) is 0.247. The van der Waals surface area contributed by atoms with Crippen LogP contribution < -0.4 is 21.7 Å². The van der Waals surface area contributed by atoms with Crippen LogP contribution in [0, 0.1) is 23.7 Å². The van der Waals surface area contributed by atoms with Crippen LogP contribution >= 0.6 is 0 Å². The summed E-state index contributed by atoms with van der Waals surface area (Å²) in [4.78, 5) is 50.4. The van der Waals surface area contributed by atoms with Crippen LogP contribution in [0.4, 0.5) is 0 Å². The second-order valence-electron chi connectivity index (χ2n) is 9.68. The van der Waals surface area contributed by atoms with E-state index in [2.05, 4.69) is 16.0 Å². The molecule has 0 saturated heterocycles. The molecule has 0 aromatic rings. The van der Waals surface area contributed by atoms with Gasteiger partial charge in [-0.1, -0.05) is 74.7 Å². The number of carboxylic acid groups (broad SMARTS) is 1. The highest BCUT2D eigenvalue weighted by Gasteiger charge is 2.34. The molecule has 0 bridgehead atoms. The molecule has 0 saturated carbocycles. The van der Waals surface area contributed by atoms with Crippen LogP contribution in [0.15, 0.2) is 0 Å². The van der Waals surface area contributed by atoms with Crippen LogP contribution in [-0.2, 0) is 19.2 Å². The van der Waals surface area contributed by atoms with Gasteiger partial charge in [0.15, 0.2) is 0 Å². The van der Waals surface area contributed by atoms with E-state index in [4.69, 9.17) is 5.73 Å². The molecule has 3 amide bonds. The van der Waals surface area contributed by atoms with Crippen LogP contribution in [0.2, 0.25) is 0 Å². The van der Waals surface area contributed by atoms with Gasteiger partial charge in [0.1, 0.15) is 18.1 Å². The summed E-state index contributed by atoms with van der Waals surface area (Å²) in [6.07, 6.45) is 2.28.